The number of hydrogen-bond acceptors (Lipinski definition) is 5. The third-order valence-electron chi connectivity index (χ3n) is 4.18. The fraction of sp³-hybridized carbons (Fsp3) is 0.600. The zero-order chi connectivity index (χ0) is 16.2. The normalized spacial score (nSPS) is 18.2. The number of amides is 2. The number of likely N-dealkylation sites (tertiary alicyclic amines) is 1. The fourth-order valence-electron chi connectivity index (χ4n) is 2.90. The standard InChI is InChI=1S/C15H22N6OS/c1-3-12-8-16-14(23-12)18-15(22)21-7-5-6-11(9-21)13-19-17-10-20(13)4-2/h8,10-11H,3-7,9H2,1-2H3,(H,16,18,22). The van der Waals surface area contributed by atoms with Crippen LogP contribution >= 0.6 is 11.3 Å². The van der Waals surface area contributed by atoms with Crippen molar-refractivity contribution < 1.29 is 4.79 Å². The van der Waals surface area contributed by atoms with Gasteiger partial charge in [0.1, 0.15) is 12.2 Å². The molecule has 1 saturated heterocycles. The lowest BCUT2D eigenvalue weighted by Crippen LogP contribution is -2.42. The third kappa shape index (κ3) is 3.52. The number of carbonyl (C=O) groups excluding carboxylic acids is 1. The van der Waals surface area contributed by atoms with Crippen molar-refractivity contribution in [1.29, 1.82) is 0 Å². The monoisotopic (exact) mass is 334 g/mol. The number of carbonyl (C=O) groups is 1. The van der Waals surface area contributed by atoms with E-state index in [2.05, 4.69) is 38.9 Å². The van der Waals surface area contributed by atoms with Crippen LogP contribution in [0, 0.1) is 0 Å². The molecule has 0 bridgehead atoms. The first-order valence-electron chi connectivity index (χ1n) is 8.09. The average Bonchev–Trinajstić information content (AvgIpc) is 3.23. The second kappa shape index (κ2) is 7.08. The van der Waals surface area contributed by atoms with E-state index in [1.165, 1.54) is 16.2 Å². The van der Waals surface area contributed by atoms with Crippen LogP contribution < -0.4 is 5.32 Å². The maximum Gasteiger partial charge on any atom is 0.323 e. The van der Waals surface area contributed by atoms with Crippen molar-refractivity contribution in [2.45, 2.75) is 45.6 Å². The van der Waals surface area contributed by atoms with Crippen LogP contribution in [-0.4, -0.2) is 43.8 Å². The van der Waals surface area contributed by atoms with Crippen LogP contribution in [-0.2, 0) is 13.0 Å². The molecule has 1 aliphatic heterocycles. The highest BCUT2D eigenvalue weighted by Gasteiger charge is 2.28. The molecule has 1 N–H and O–H groups in total. The number of piperidine rings is 1. The SMILES string of the molecule is CCc1cnc(NC(=O)N2CCCC(c3nncn3CC)C2)s1. The Balaban J connectivity index is 1.64. The minimum absolute atomic E-state index is 0.0748. The summed E-state index contributed by atoms with van der Waals surface area (Å²) in [5, 5.41) is 11.8. The van der Waals surface area contributed by atoms with E-state index in [1.54, 1.807) is 6.33 Å². The predicted molar refractivity (Wildman–Crippen MR) is 89.8 cm³/mol. The van der Waals surface area contributed by atoms with E-state index in [0.29, 0.717) is 11.7 Å². The van der Waals surface area contributed by atoms with Gasteiger partial charge in [-0.15, -0.1) is 21.5 Å². The molecule has 0 spiro atoms. The summed E-state index contributed by atoms with van der Waals surface area (Å²) in [6.07, 6.45) is 6.54. The molecule has 1 atom stereocenters. The largest absolute Gasteiger partial charge is 0.324 e. The molecule has 7 nitrogen and oxygen atoms in total. The molecule has 2 amide bonds. The van der Waals surface area contributed by atoms with Gasteiger partial charge in [-0.05, 0) is 26.2 Å². The molecule has 1 unspecified atom stereocenters. The van der Waals surface area contributed by atoms with Crippen molar-refractivity contribution in [1.82, 2.24) is 24.6 Å². The third-order valence-corrected chi connectivity index (χ3v) is 5.23. The molecule has 0 saturated carbocycles. The summed E-state index contributed by atoms with van der Waals surface area (Å²) in [4.78, 5) is 19.8. The van der Waals surface area contributed by atoms with Gasteiger partial charge in [-0.1, -0.05) is 6.92 Å². The van der Waals surface area contributed by atoms with E-state index >= 15 is 0 Å². The van der Waals surface area contributed by atoms with Crippen LogP contribution in [0.1, 0.15) is 43.3 Å². The summed E-state index contributed by atoms with van der Waals surface area (Å²) in [5.41, 5.74) is 0. The van der Waals surface area contributed by atoms with Gasteiger partial charge in [-0.25, -0.2) is 9.78 Å². The molecule has 1 fully saturated rings. The number of aryl methyl sites for hydroxylation is 2. The minimum Gasteiger partial charge on any atom is -0.324 e. The Labute approximate surface area is 139 Å². The van der Waals surface area contributed by atoms with Gasteiger partial charge in [0.05, 0.1) is 0 Å². The van der Waals surface area contributed by atoms with Crippen molar-refractivity contribution >= 4 is 22.5 Å². The number of hydrogen-bond donors (Lipinski definition) is 1. The van der Waals surface area contributed by atoms with E-state index in [9.17, 15) is 4.79 Å². The van der Waals surface area contributed by atoms with Gasteiger partial charge in [-0.2, -0.15) is 0 Å². The topological polar surface area (TPSA) is 75.9 Å². The Morgan fingerprint density at radius 2 is 2.35 bits per heavy atom. The Hall–Kier alpha value is -1.96. The predicted octanol–water partition coefficient (Wildman–Crippen LogP) is 2.73. The molecule has 0 aliphatic carbocycles. The lowest BCUT2D eigenvalue weighted by atomic mass is 9.97. The van der Waals surface area contributed by atoms with Gasteiger partial charge in [0.15, 0.2) is 5.13 Å². The average molecular weight is 334 g/mol. The van der Waals surface area contributed by atoms with E-state index < -0.39 is 0 Å². The van der Waals surface area contributed by atoms with Crippen molar-refractivity contribution in [2.24, 2.45) is 0 Å². The van der Waals surface area contributed by atoms with Crippen molar-refractivity contribution in [3.05, 3.63) is 23.2 Å². The number of nitrogens with zero attached hydrogens (tertiary/aromatic N) is 5. The van der Waals surface area contributed by atoms with E-state index in [1.807, 2.05) is 11.1 Å². The maximum atomic E-state index is 12.5. The number of aromatic nitrogens is 4. The quantitative estimate of drug-likeness (QED) is 0.933. The lowest BCUT2D eigenvalue weighted by molar-refractivity contribution is 0.190. The molecule has 0 radical (unpaired) electrons. The van der Waals surface area contributed by atoms with Gasteiger partial charge < -0.3 is 9.47 Å². The molecule has 3 heterocycles. The first-order chi connectivity index (χ1) is 11.2. The van der Waals surface area contributed by atoms with Gasteiger partial charge in [0, 0.05) is 36.6 Å². The maximum absolute atomic E-state index is 12.5. The number of thiazole rings is 1. The van der Waals surface area contributed by atoms with Crippen molar-refractivity contribution in [3.63, 3.8) is 0 Å². The Bertz CT molecular complexity index is 666. The number of rotatable bonds is 4. The lowest BCUT2D eigenvalue weighted by Gasteiger charge is -2.32. The van der Waals surface area contributed by atoms with Gasteiger partial charge in [0.25, 0.3) is 0 Å². The van der Waals surface area contributed by atoms with Crippen LogP contribution in [0.5, 0.6) is 0 Å². The summed E-state index contributed by atoms with van der Waals surface area (Å²) >= 11 is 1.53. The number of anilines is 1. The van der Waals surface area contributed by atoms with Crippen molar-refractivity contribution in [3.8, 4) is 0 Å². The first-order valence-corrected chi connectivity index (χ1v) is 8.91. The van der Waals surface area contributed by atoms with Gasteiger partial charge in [0.2, 0.25) is 0 Å². The summed E-state index contributed by atoms with van der Waals surface area (Å²) in [5.74, 6) is 1.23. The minimum atomic E-state index is -0.0748. The summed E-state index contributed by atoms with van der Waals surface area (Å²) in [6.45, 7) is 6.46. The fourth-order valence-corrected chi connectivity index (χ4v) is 3.64. The molecule has 3 rings (SSSR count). The molecule has 23 heavy (non-hydrogen) atoms. The Morgan fingerprint density at radius 3 is 3.09 bits per heavy atom. The van der Waals surface area contributed by atoms with Gasteiger partial charge in [-0.3, -0.25) is 5.32 Å². The summed E-state index contributed by atoms with van der Waals surface area (Å²) < 4.78 is 2.06. The zero-order valence-corrected chi connectivity index (χ0v) is 14.3. The molecule has 2 aromatic heterocycles. The summed E-state index contributed by atoms with van der Waals surface area (Å²) in [7, 11) is 0. The first kappa shape index (κ1) is 15.9. The van der Waals surface area contributed by atoms with Crippen LogP contribution in [0.3, 0.4) is 0 Å². The smallest absolute Gasteiger partial charge is 0.323 e. The van der Waals surface area contributed by atoms with E-state index in [-0.39, 0.29) is 11.9 Å². The Kier molecular flexibility index (Phi) is 4.90. The van der Waals surface area contributed by atoms with Gasteiger partial charge >= 0.3 is 6.03 Å². The molecule has 124 valence electrons. The molecular weight excluding hydrogens is 312 g/mol. The van der Waals surface area contributed by atoms with E-state index in [4.69, 9.17) is 0 Å². The highest BCUT2D eigenvalue weighted by atomic mass is 32.1. The zero-order valence-electron chi connectivity index (χ0n) is 13.5. The molecule has 1 aliphatic rings. The van der Waals surface area contributed by atoms with Crippen LogP contribution in [0.4, 0.5) is 9.93 Å². The number of nitrogens with one attached hydrogen (secondary N) is 1. The molecule has 2 aromatic rings. The van der Waals surface area contributed by atoms with E-state index in [0.717, 1.165) is 38.2 Å². The molecule has 0 aromatic carbocycles. The second-order valence-electron chi connectivity index (χ2n) is 5.68. The number of urea groups is 1. The summed E-state index contributed by atoms with van der Waals surface area (Å²) in [6, 6.07) is -0.0748. The van der Waals surface area contributed by atoms with Crippen molar-refractivity contribution in [2.75, 3.05) is 18.4 Å². The van der Waals surface area contributed by atoms with Crippen LogP contribution in [0.25, 0.3) is 0 Å². The Morgan fingerprint density at radius 1 is 1.48 bits per heavy atom. The highest BCUT2D eigenvalue weighted by Crippen LogP contribution is 2.26. The molecular formula is C15H22N6OS. The van der Waals surface area contributed by atoms with Crippen LogP contribution in [0.15, 0.2) is 12.5 Å². The van der Waals surface area contributed by atoms with Crippen LogP contribution in [0.2, 0.25) is 0 Å². The second-order valence-corrected chi connectivity index (χ2v) is 6.79. The highest BCUT2D eigenvalue weighted by molar-refractivity contribution is 7.15. The molecule has 8 heteroatoms.